The summed E-state index contributed by atoms with van der Waals surface area (Å²) in [6.07, 6.45) is 2.07. The van der Waals surface area contributed by atoms with E-state index in [2.05, 4.69) is 6.92 Å². The summed E-state index contributed by atoms with van der Waals surface area (Å²) >= 11 is 0. The summed E-state index contributed by atoms with van der Waals surface area (Å²) in [6, 6.07) is 5.59. The van der Waals surface area contributed by atoms with Crippen LogP contribution in [0, 0.1) is 12.7 Å². The van der Waals surface area contributed by atoms with Crippen LogP contribution in [0.25, 0.3) is 0 Å². The van der Waals surface area contributed by atoms with Crippen LogP contribution in [-0.4, -0.2) is 6.04 Å². The third kappa shape index (κ3) is 3.63. The molecule has 0 radical (unpaired) electrons. The van der Waals surface area contributed by atoms with Gasteiger partial charge in [-0.25, -0.2) is 4.39 Å². The van der Waals surface area contributed by atoms with Crippen LogP contribution in [0.4, 0.5) is 4.39 Å². The molecule has 0 aliphatic rings. The Bertz CT molecular complexity index is 320. The number of nitrogens with two attached hydrogens (primary N) is 1. The third-order valence-corrected chi connectivity index (χ3v) is 2.81. The fourth-order valence-electron chi connectivity index (χ4n) is 1.65. The summed E-state index contributed by atoms with van der Waals surface area (Å²) in [5.74, 6) is 0.327. The largest absolute Gasteiger partial charge is 0.328 e. The molecule has 0 heterocycles. The normalized spacial score (nSPS) is 15.0. The van der Waals surface area contributed by atoms with Gasteiger partial charge in [0.2, 0.25) is 0 Å². The van der Waals surface area contributed by atoms with Gasteiger partial charge in [-0.15, -0.1) is 0 Å². The van der Waals surface area contributed by atoms with Crippen molar-refractivity contribution < 1.29 is 4.39 Å². The van der Waals surface area contributed by atoms with Crippen LogP contribution in [0.2, 0.25) is 0 Å². The van der Waals surface area contributed by atoms with Crippen molar-refractivity contribution in [1.82, 2.24) is 0 Å². The Morgan fingerprint density at radius 2 is 1.93 bits per heavy atom. The van der Waals surface area contributed by atoms with E-state index in [1.165, 1.54) is 5.56 Å². The van der Waals surface area contributed by atoms with E-state index in [1.807, 2.05) is 19.1 Å². The van der Waals surface area contributed by atoms with Gasteiger partial charge in [-0.3, -0.25) is 0 Å². The van der Waals surface area contributed by atoms with Crippen molar-refractivity contribution in [3.8, 4) is 0 Å². The van der Waals surface area contributed by atoms with E-state index >= 15 is 0 Å². The Hall–Kier alpha value is -0.890. The van der Waals surface area contributed by atoms with Crippen LogP contribution in [0.3, 0.4) is 0 Å². The van der Waals surface area contributed by atoms with Gasteiger partial charge < -0.3 is 5.73 Å². The molecule has 0 aromatic heterocycles. The summed E-state index contributed by atoms with van der Waals surface area (Å²) in [4.78, 5) is 0. The molecule has 1 nitrogen and oxygen atoms in total. The highest BCUT2D eigenvalue weighted by atomic mass is 19.1. The van der Waals surface area contributed by atoms with Crippen LogP contribution in [0.5, 0.6) is 0 Å². The van der Waals surface area contributed by atoms with Gasteiger partial charge in [-0.1, -0.05) is 19.1 Å². The van der Waals surface area contributed by atoms with Crippen molar-refractivity contribution in [2.75, 3.05) is 0 Å². The molecule has 0 aliphatic carbocycles. The fraction of sp³-hybridized carbons (Fsp3) is 0.538. The molecule has 0 saturated heterocycles. The zero-order chi connectivity index (χ0) is 11.4. The topological polar surface area (TPSA) is 26.0 Å². The smallest absolute Gasteiger partial charge is 0.126 e. The molecule has 2 N–H and O–H groups in total. The molecule has 2 atom stereocenters. The standard InChI is InChI=1S/C13H20FN/c1-9(4-5-11(3)15)12-6-7-13(14)10(2)8-12/h6-9,11H,4-5,15H2,1-3H3. The predicted octanol–water partition coefficient (Wildman–Crippen LogP) is 3.37. The van der Waals surface area contributed by atoms with Crippen molar-refractivity contribution in [2.24, 2.45) is 5.73 Å². The summed E-state index contributed by atoms with van der Waals surface area (Å²) in [7, 11) is 0. The van der Waals surface area contributed by atoms with E-state index in [1.54, 1.807) is 13.0 Å². The summed E-state index contributed by atoms with van der Waals surface area (Å²) in [5, 5.41) is 0. The molecular weight excluding hydrogens is 189 g/mol. The molecule has 2 heteroatoms. The second-order valence-electron chi connectivity index (χ2n) is 4.46. The first-order chi connectivity index (χ1) is 7.00. The highest BCUT2D eigenvalue weighted by Crippen LogP contribution is 2.22. The summed E-state index contributed by atoms with van der Waals surface area (Å²) in [5.41, 5.74) is 7.64. The monoisotopic (exact) mass is 209 g/mol. The molecule has 0 aliphatic heterocycles. The van der Waals surface area contributed by atoms with Gasteiger partial charge >= 0.3 is 0 Å². The van der Waals surface area contributed by atoms with Crippen molar-refractivity contribution in [3.05, 3.63) is 35.1 Å². The number of rotatable bonds is 4. The Kier molecular flexibility index (Phi) is 4.28. The molecule has 0 fully saturated rings. The van der Waals surface area contributed by atoms with Gasteiger partial charge in [0, 0.05) is 6.04 Å². The number of aryl methyl sites for hydroxylation is 1. The van der Waals surface area contributed by atoms with E-state index in [-0.39, 0.29) is 11.9 Å². The molecule has 0 spiro atoms. The molecule has 0 saturated carbocycles. The lowest BCUT2D eigenvalue weighted by Crippen LogP contribution is -2.15. The van der Waals surface area contributed by atoms with Crippen molar-refractivity contribution in [2.45, 2.75) is 45.6 Å². The molecule has 1 aromatic rings. The highest BCUT2D eigenvalue weighted by molar-refractivity contribution is 5.26. The Balaban J connectivity index is 2.65. The molecule has 15 heavy (non-hydrogen) atoms. The van der Waals surface area contributed by atoms with Crippen molar-refractivity contribution >= 4 is 0 Å². The van der Waals surface area contributed by atoms with Crippen molar-refractivity contribution in [1.29, 1.82) is 0 Å². The van der Waals surface area contributed by atoms with E-state index in [4.69, 9.17) is 5.73 Å². The minimum absolute atomic E-state index is 0.127. The minimum atomic E-state index is -0.127. The summed E-state index contributed by atoms with van der Waals surface area (Å²) < 4.78 is 13.1. The van der Waals surface area contributed by atoms with Crippen LogP contribution in [0.1, 0.15) is 43.7 Å². The van der Waals surface area contributed by atoms with Crippen LogP contribution in [0.15, 0.2) is 18.2 Å². The number of benzene rings is 1. The number of hydrogen-bond donors (Lipinski definition) is 1. The maximum absolute atomic E-state index is 13.1. The van der Waals surface area contributed by atoms with Gasteiger partial charge in [-0.05, 0) is 49.8 Å². The molecule has 1 rings (SSSR count). The molecular formula is C13H20FN. The van der Waals surface area contributed by atoms with E-state index in [9.17, 15) is 4.39 Å². The van der Waals surface area contributed by atoms with E-state index in [0.29, 0.717) is 5.92 Å². The number of halogens is 1. The summed E-state index contributed by atoms with van der Waals surface area (Å²) in [6.45, 7) is 5.98. The first-order valence-corrected chi connectivity index (χ1v) is 5.52. The van der Waals surface area contributed by atoms with Gasteiger partial charge in [0.1, 0.15) is 5.82 Å². The Morgan fingerprint density at radius 1 is 1.27 bits per heavy atom. The first-order valence-electron chi connectivity index (χ1n) is 5.52. The average Bonchev–Trinajstić information content (AvgIpc) is 2.18. The maximum atomic E-state index is 13.1. The van der Waals surface area contributed by atoms with Crippen LogP contribution in [-0.2, 0) is 0 Å². The lowest BCUT2D eigenvalue weighted by Gasteiger charge is -2.14. The van der Waals surface area contributed by atoms with Gasteiger partial charge in [0.05, 0.1) is 0 Å². The van der Waals surface area contributed by atoms with Crippen molar-refractivity contribution in [3.63, 3.8) is 0 Å². The molecule has 0 bridgehead atoms. The zero-order valence-corrected chi connectivity index (χ0v) is 9.76. The Labute approximate surface area is 91.5 Å². The minimum Gasteiger partial charge on any atom is -0.328 e. The van der Waals surface area contributed by atoms with Crippen LogP contribution < -0.4 is 5.73 Å². The van der Waals surface area contributed by atoms with E-state index < -0.39 is 0 Å². The fourth-order valence-corrected chi connectivity index (χ4v) is 1.65. The van der Waals surface area contributed by atoms with Crippen LogP contribution >= 0.6 is 0 Å². The first kappa shape index (κ1) is 12.2. The quantitative estimate of drug-likeness (QED) is 0.808. The Morgan fingerprint density at radius 3 is 2.47 bits per heavy atom. The van der Waals surface area contributed by atoms with Gasteiger partial charge in [0.15, 0.2) is 0 Å². The average molecular weight is 209 g/mol. The lowest BCUT2D eigenvalue weighted by molar-refractivity contribution is 0.566. The molecule has 0 amide bonds. The van der Waals surface area contributed by atoms with Gasteiger partial charge in [-0.2, -0.15) is 0 Å². The third-order valence-electron chi connectivity index (χ3n) is 2.81. The maximum Gasteiger partial charge on any atom is 0.126 e. The second-order valence-corrected chi connectivity index (χ2v) is 4.46. The molecule has 84 valence electrons. The van der Waals surface area contributed by atoms with Gasteiger partial charge in [0.25, 0.3) is 0 Å². The predicted molar refractivity (Wildman–Crippen MR) is 62.4 cm³/mol. The lowest BCUT2D eigenvalue weighted by atomic mass is 9.93. The van der Waals surface area contributed by atoms with E-state index in [0.717, 1.165) is 18.4 Å². The highest BCUT2D eigenvalue weighted by Gasteiger charge is 2.08. The number of hydrogen-bond acceptors (Lipinski definition) is 1. The molecule has 2 unspecified atom stereocenters. The molecule has 1 aromatic carbocycles. The zero-order valence-electron chi connectivity index (χ0n) is 9.76. The second kappa shape index (κ2) is 5.26. The SMILES string of the molecule is Cc1cc(C(C)CCC(C)N)ccc1F.